The molecule has 2 heterocycles. The molecule has 0 unspecified atom stereocenters. The highest BCUT2D eigenvalue weighted by Gasteiger charge is 2.06. The van der Waals surface area contributed by atoms with Gasteiger partial charge in [-0.05, 0) is 11.6 Å². The van der Waals surface area contributed by atoms with Gasteiger partial charge in [0.1, 0.15) is 16.0 Å². The van der Waals surface area contributed by atoms with E-state index in [0.717, 1.165) is 5.56 Å². The van der Waals surface area contributed by atoms with Gasteiger partial charge in [0.2, 0.25) is 11.3 Å². The molecule has 0 bridgehead atoms. The minimum atomic E-state index is -0.358. The number of H-pyrrole nitrogens is 1. The molecule has 2 rings (SSSR count). The van der Waals surface area contributed by atoms with Crippen LogP contribution in [0.2, 0.25) is 10.2 Å². The molecule has 0 aliphatic heterocycles. The maximum atomic E-state index is 11.7. The molecule has 98 valence electrons. The second kappa shape index (κ2) is 5.86. The van der Waals surface area contributed by atoms with Gasteiger partial charge in [0.05, 0.1) is 6.42 Å². The summed E-state index contributed by atoms with van der Waals surface area (Å²) < 4.78 is 0. The van der Waals surface area contributed by atoms with Crippen molar-refractivity contribution in [1.29, 1.82) is 0 Å². The minimum absolute atomic E-state index is 0.0694. The van der Waals surface area contributed by atoms with Gasteiger partial charge in [0.15, 0.2) is 0 Å². The highest BCUT2D eigenvalue weighted by Crippen LogP contribution is 2.08. The zero-order chi connectivity index (χ0) is 13.8. The summed E-state index contributed by atoms with van der Waals surface area (Å²) in [5.41, 5.74) is 0.363. The van der Waals surface area contributed by atoms with Gasteiger partial charge in [-0.3, -0.25) is 9.59 Å². The Kier molecular flexibility index (Phi) is 4.19. The number of anilines is 1. The average Bonchev–Trinajstić information content (AvgIpc) is 2.37. The number of pyridine rings is 2. The molecular weight excluding hydrogens is 289 g/mol. The van der Waals surface area contributed by atoms with E-state index in [4.69, 9.17) is 23.2 Å². The van der Waals surface area contributed by atoms with E-state index in [1.807, 2.05) is 0 Å². The monoisotopic (exact) mass is 297 g/mol. The van der Waals surface area contributed by atoms with Crippen molar-refractivity contribution in [2.75, 3.05) is 5.32 Å². The van der Waals surface area contributed by atoms with Gasteiger partial charge in [0.25, 0.3) is 0 Å². The highest BCUT2D eigenvalue weighted by molar-refractivity contribution is 6.30. The van der Waals surface area contributed by atoms with Crippen molar-refractivity contribution >= 4 is 34.9 Å². The molecule has 2 N–H and O–H groups in total. The Bertz CT molecular complexity index is 653. The van der Waals surface area contributed by atoms with Crippen molar-refractivity contribution in [2.45, 2.75) is 6.42 Å². The Balaban J connectivity index is 2.03. The van der Waals surface area contributed by atoms with E-state index in [9.17, 15) is 9.59 Å². The van der Waals surface area contributed by atoms with E-state index in [-0.39, 0.29) is 22.8 Å². The van der Waals surface area contributed by atoms with Gasteiger partial charge in [-0.1, -0.05) is 29.3 Å². The first-order chi connectivity index (χ1) is 9.04. The van der Waals surface area contributed by atoms with Crippen LogP contribution in [-0.4, -0.2) is 15.9 Å². The van der Waals surface area contributed by atoms with Crippen molar-refractivity contribution in [2.24, 2.45) is 0 Å². The number of aromatic amines is 1. The van der Waals surface area contributed by atoms with E-state index in [2.05, 4.69) is 15.3 Å². The lowest BCUT2D eigenvalue weighted by Crippen LogP contribution is -2.17. The summed E-state index contributed by atoms with van der Waals surface area (Å²) in [5, 5.41) is 3.00. The molecular formula is C12H9Cl2N3O2. The van der Waals surface area contributed by atoms with Crippen LogP contribution in [0.5, 0.6) is 0 Å². The number of hydrogen-bond acceptors (Lipinski definition) is 3. The molecule has 0 fully saturated rings. The lowest BCUT2D eigenvalue weighted by atomic mass is 10.2. The fourth-order valence-electron chi connectivity index (χ4n) is 1.42. The molecule has 0 spiro atoms. The quantitative estimate of drug-likeness (QED) is 0.853. The van der Waals surface area contributed by atoms with Gasteiger partial charge in [-0.25, -0.2) is 4.98 Å². The zero-order valence-corrected chi connectivity index (χ0v) is 11.1. The third-order valence-electron chi connectivity index (χ3n) is 2.29. The van der Waals surface area contributed by atoms with Crippen LogP contribution in [0.4, 0.5) is 5.82 Å². The molecule has 0 saturated heterocycles. The number of carbonyl (C=O) groups is 1. The SMILES string of the molecule is O=C(Cc1ccc(Cl)nc1)Nc1cc(=O)c(Cl)c[nH]1. The molecule has 0 saturated carbocycles. The second-order valence-corrected chi connectivity index (χ2v) is 4.57. The molecule has 0 aliphatic carbocycles. The Labute approximate surface area is 118 Å². The zero-order valence-electron chi connectivity index (χ0n) is 9.61. The maximum absolute atomic E-state index is 11.7. The molecule has 0 aliphatic rings. The molecule has 0 aromatic carbocycles. The lowest BCUT2D eigenvalue weighted by molar-refractivity contribution is -0.115. The third-order valence-corrected chi connectivity index (χ3v) is 2.81. The first kappa shape index (κ1) is 13.6. The Morgan fingerprint density at radius 1 is 1.37 bits per heavy atom. The first-order valence-corrected chi connectivity index (χ1v) is 6.09. The van der Waals surface area contributed by atoms with Crippen LogP contribution in [-0.2, 0) is 11.2 Å². The predicted molar refractivity (Wildman–Crippen MR) is 73.7 cm³/mol. The van der Waals surface area contributed by atoms with E-state index in [0.29, 0.717) is 11.0 Å². The highest BCUT2D eigenvalue weighted by atomic mass is 35.5. The maximum Gasteiger partial charge on any atom is 0.229 e. The summed E-state index contributed by atoms with van der Waals surface area (Å²) in [4.78, 5) is 29.6. The largest absolute Gasteiger partial charge is 0.346 e. The van der Waals surface area contributed by atoms with Gasteiger partial charge in [0, 0.05) is 18.5 Å². The number of nitrogens with zero attached hydrogens (tertiary/aromatic N) is 1. The van der Waals surface area contributed by atoms with Crippen LogP contribution in [0.25, 0.3) is 0 Å². The van der Waals surface area contributed by atoms with Crippen LogP contribution >= 0.6 is 23.2 Å². The van der Waals surface area contributed by atoms with Gasteiger partial charge in [-0.2, -0.15) is 0 Å². The molecule has 19 heavy (non-hydrogen) atoms. The van der Waals surface area contributed by atoms with Gasteiger partial charge >= 0.3 is 0 Å². The topological polar surface area (TPSA) is 74.8 Å². The molecule has 7 heteroatoms. The van der Waals surface area contributed by atoms with Crippen molar-refractivity contribution < 1.29 is 4.79 Å². The molecule has 2 aromatic heterocycles. The van der Waals surface area contributed by atoms with Crippen LogP contribution in [0, 0.1) is 0 Å². The Morgan fingerprint density at radius 2 is 2.16 bits per heavy atom. The summed E-state index contributed by atoms with van der Waals surface area (Å²) in [6.07, 6.45) is 2.98. The summed E-state index contributed by atoms with van der Waals surface area (Å²) in [7, 11) is 0. The molecule has 0 radical (unpaired) electrons. The number of amides is 1. The summed E-state index contributed by atoms with van der Waals surface area (Å²) >= 11 is 11.2. The van der Waals surface area contributed by atoms with Crippen molar-refractivity contribution in [3.63, 3.8) is 0 Å². The molecule has 5 nitrogen and oxygen atoms in total. The Hall–Kier alpha value is -1.85. The first-order valence-electron chi connectivity index (χ1n) is 5.33. The standard InChI is InChI=1S/C12H9Cl2N3O2/c13-8-6-16-11(4-9(8)18)17-12(19)3-7-1-2-10(14)15-5-7/h1-2,4-6H,3H2,(H2,16,17,18,19). The lowest BCUT2D eigenvalue weighted by Gasteiger charge is -2.05. The fraction of sp³-hybridized carbons (Fsp3) is 0.0833. The third kappa shape index (κ3) is 3.81. The second-order valence-electron chi connectivity index (χ2n) is 3.77. The summed E-state index contributed by atoms with van der Waals surface area (Å²) in [5.74, 6) is 0.0171. The Morgan fingerprint density at radius 3 is 2.79 bits per heavy atom. The number of aromatic nitrogens is 2. The summed E-state index contributed by atoms with van der Waals surface area (Å²) in [6, 6.07) is 4.54. The van der Waals surface area contributed by atoms with Gasteiger partial charge < -0.3 is 10.3 Å². The molecule has 1 amide bonds. The summed E-state index contributed by atoms with van der Waals surface area (Å²) in [6.45, 7) is 0. The van der Waals surface area contributed by atoms with E-state index in [1.54, 1.807) is 12.1 Å². The molecule has 2 aromatic rings. The normalized spacial score (nSPS) is 10.2. The van der Waals surface area contributed by atoms with Crippen LogP contribution in [0.15, 0.2) is 35.4 Å². The van der Waals surface area contributed by atoms with E-state index < -0.39 is 0 Å². The number of rotatable bonds is 3. The minimum Gasteiger partial charge on any atom is -0.346 e. The van der Waals surface area contributed by atoms with Crippen molar-refractivity contribution in [3.8, 4) is 0 Å². The number of hydrogen-bond donors (Lipinski definition) is 2. The van der Waals surface area contributed by atoms with Crippen LogP contribution in [0.1, 0.15) is 5.56 Å². The number of carbonyl (C=O) groups excluding carboxylic acids is 1. The predicted octanol–water partition coefficient (Wildman–Crippen LogP) is 2.26. The van der Waals surface area contributed by atoms with Gasteiger partial charge in [-0.15, -0.1) is 0 Å². The van der Waals surface area contributed by atoms with Crippen molar-refractivity contribution in [3.05, 3.63) is 56.6 Å². The number of nitrogens with one attached hydrogen (secondary N) is 2. The van der Waals surface area contributed by atoms with E-state index in [1.165, 1.54) is 18.5 Å². The average molecular weight is 298 g/mol. The number of halogens is 2. The van der Waals surface area contributed by atoms with E-state index >= 15 is 0 Å². The van der Waals surface area contributed by atoms with Crippen LogP contribution in [0.3, 0.4) is 0 Å². The fourth-order valence-corrected chi connectivity index (χ4v) is 1.64. The van der Waals surface area contributed by atoms with Crippen LogP contribution < -0.4 is 10.7 Å². The smallest absolute Gasteiger partial charge is 0.229 e. The van der Waals surface area contributed by atoms with Crippen molar-refractivity contribution in [1.82, 2.24) is 9.97 Å². The molecule has 0 atom stereocenters.